The molecule has 0 spiro atoms. The van der Waals surface area contributed by atoms with Gasteiger partial charge in [-0.05, 0) is 56.3 Å². The molecule has 1 N–H and O–H groups in total. The average molecular weight is 521 g/mol. The van der Waals surface area contributed by atoms with Crippen molar-refractivity contribution in [3.63, 3.8) is 0 Å². The normalized spacial score (nSPS) is 16.8. The predicted molar refractivity (Wildman–Crippen MR) is 137 cm³/mol. The van der Waals surface area contributed by atoms with Gasteiger partial charge in [0, 0.05) is 48.4 Å². The third-order valence-electron chi connectivity index (χ3n) is 6.89. The number of anilines is 1. The number of amides is 1. The molecule has 0 radical (unpaired) electrons. The van der Waals surface area contributed by atoms with E-state index in [2.05, 4.69) is 21.2 Å². The Morgan fingerprint density at radius 1 is 1.29 bits per heavy atom. The molecule has 1 aromatic carbocycles. The summed E-state index contributed by atoms with van der Waals surface area (Å²) >= 11 is 14.9. The number of aryl methyl sites for hydroxylation is 1. The van der Waals surface area contributed by atoms with Crippen LogP contribution in [0.5, 0.6) is 0 Å². The van der Waals surface area contributed by atoms with E-state index in [-0.39, 0.29) is 24.1 Å². The van der Waals surface area contributed by atoms with Crippen LogP contribution in [0.1, 0.15) is 46.9 Å². The van der Waals surface area contributed by atoms with Crippen LogP contribution in [-0.2, 0) is 17.7 Å². The van der Waals surface area contributed by atoms with Gasteiger partial charge in [-0.1, -0.05) is 23.2 Å². The van der Waals surface area contributed by atoms with Gasteiger partial charge >= 0.3 is 0 Å². The Balaban J connectivity index is 1.52. The molecule has 1 amide bonds. The molecule has 2 aliphatic heterocycles. The van der Waals surface area contributed by atoms with Gasteiger partial charge < -0.3 is 19.5 Å². The van der Waals surface area contributed by atoms with E-state index in [1.54, 1.807) is 11.1 Å². The molecule has 180 valence electrons. The molecule has 0 bridgehead atoms. The number of rotatable bonds is 5. The molecule has 2 aromatic heterocycles. The molecule has 1 fully saturated rings. The number of fused-ring (bicyclic) bond motifs is 2. The molecular weight excluding hydrogens is 495 g/mol. The van der Waals surface area contributed by atoms with Crippen molar-refractivity contribution in [1.82, 2.24) is 14.3 Å². The number of pyridine rings is 1. The lowest BCUT2D eigenvalue weighted by atomic mass is 9.96. The van der Waals surface area contributed by atoms with Gasteiger partial charge in [0.15, 0.2) is 0 Å². The predicted octanol–water partition coefficient (Wildman–Crippen LogP) is 4.80. The van der Waals surface area contributed by atoms with Crippen molar-refractivity contribution in [3.8, 4) is 0 Å². The average Bonchev–Trinajstić information content (AvgIpc) is 3.32. The van der Waals surface area contributed by atoms with E-state index in [0.29, 0.717) is 47.4 Å². The summed E-state index contributed by atoms with van der Waals surface area (Å²) in [6.07, 6.45) is 4.14. The van der Waals surface area contributed by atoms with Crippen LogP contribution in [0.15, 0.2) is 17.1 Å². The summed E-state index contributed by atoms with van der Waals surface area (Å²) in [7, 11) is 0. The lowest BCUT2D eigenvalue weighted by molar-refractivity contribution is 0.0727. The minimum absolute atomic E-state index is 0.192. The zero-order valence-corrected chi connectivity index (χ0v) is 21.4. The highest BCUT2D eigenvalue weighted by Crippen LogP contribution is 2.41. The fourth-order valence-electron chi connectivity index (χ4n) is 5.08. The summed E-state index contributed by atoms with van der Waals surface area (Å²) in [6, 6.07) is 2.18. The molecule has 10 heteroatoms. The van der Waals surface area contributed by atoms with Crippen molar-refractivity contribution >= 4 is 56.4 Å². The van der Waals surface area contributed by atoms with Gasteiger partial charge in [0.25, 0.3) is 11.5 Å². The minimum atomic E-state index is -0.198. The van der Waals surface area contributed by atoms with Crippen LogP contribution in [0.4, 0.5) is 5.69 Å². The molecule has 0 aliphatic carbocycles. The van der Waals surface area contributed by atoms with Gasteiger partial charge in [0.05, 0.1) is 39.3 Å². The third-order valence-corrected chi connectivity index (χ3v) is 8.46. The van der Waals surface area contributed by atoms with E-state index in [1.807, 2.05) is 13.0 Å². The second-order valence-electron chi connectivity index (χ2n) is 8.78. The molecule has 1 saturated heterocycles. The van der Waals surface area contributed by atoms with Gasteiger partial charge in [-0.25, -0.2) is 0 Å². The molecule has 0 atom stereocenters. The lowest BCUT2D eigenvalue weighted by Crippen LogP contribution is -2.41. The van der Waals surface area contributed by atoms with Crippen LogP contribution < -0.4 is 10.5 Å². The molecule has 5 rings (SSSR count). The highest BCUT2D eigenvalue weighted by atomic mass is 35.5. The summed E-state index contributed by atoms with van der Waals surface area (Å²) in [5, 5.41) is 1.90. The van der Waals surface area contributed by atoms with Gasteiger partial charge in [0.2, 0.25) is 0 Å². The molecule has 7 nitrogen and oxygen atoms in total. The second-order valence-corrected chi connectivity index (χ2v) is 10.4. The van der Waals surface area contributed by atoms with Gasteiger partial charge in [-0.2, -0.15) is 4.37 Å². The maximum absolute atomic E-state index is 13.7. The highest BCUT2D eigenvalue weighted by Gasteiger charge is 2.33. The van der Waals surface area contributed by atoms with Crippen LogP contribution >= 0.6 is 34.7 Å². The molecule has 0 saturated carbocycles. The van der Waals surface area contributed by atoms with Crippen molar-refractivity contribution in [2.24, 2.45) is 0 Å². The standard InChI is InChI=1S/C24H26Cl2N4O3S/c1-3-30(14-5-8-33-9-6-14)19-10-18(25)15-4-7-29(24(32)20(15)21(19)26)12-17-22-16(11-27-34-22)13(2)28-23(17)31/h10-11,14H,3-9,12H2,1-2H3,(H,28,31). The topological polar surface area (TPSA) is 78.5 Å². The molecule has 3 aromatic rings. The largest absolute Gasteiger partial charge is 0.381 e. The minimum Gasteiger partial charge on any atom is -0.381 e. The van der Waals surface area contributed by atoms with Crippen LogP contribution in [0, 0.1) is 6.92 Å². The number of aromatic amines is 1. The first kappa shape index (κ1) is 23.6. The summed E-state index contributed by atoms with van der Waals surface area (Å²) < 4.78 is 10.6. The first-order chi connectivity index (χ1) is 16.4. The number of nitrogens with one attached hydrogen (secondary N) is 1. The number of benzene rings is 1. The summed E-state index contributed by atoms with van der Waals surface area (Å²) in [5.41, 5.74) is 3.15. The van der Waals surface area contributed by atoms with Crippen molar-refractivity contribution in [1.29, 1.82) is 0 Å². The number of halogens is 2. The smallest absolute Gasteiger partial charge is 0.256 e. The van der Waals surface area contributed by atoms with E-state index in [4.69, 9.17) is 27.9 Å². The van der Waals surface area contributed by atoms with E-state index in [9.17, 15) is 9.59 Å². The van der Waals surface area contributed by atoms with E-state index >= 15 is 0 Å². The fraction of sp³-hybridized carbons (Fsp3) is 0.458. The Bertz CT molecular complexity index is 1320. The van der Waals surface area contributed by atoms with Crippen molar-refractivity contribution in [2.75, 3.05) is 31.2 Å². The first-order valence-corrected chi connectivity index (χ1v) is 13.0. The number of H-pyrrole nitrogens is 1. The number of hydrogen-bond donors (Lipinski definition) is 1. The molecule has 34 heavy (non-hydrogen) atoms. The number of aromatic nitrogens is 2. The maximum Gasteiger partial charge on any atom is 0.256 e. The molecular formula is C24H26Cl2N4O3S. The Hall–Kier alpha value is -2.13. The number of ether oxygens (including phenoxy) is 1. The van der Waals surface area contributed by atoms with Crippen molar-refractivity contribution < 1.29 is 9.53 Å². The van der Waals surface area contributed by atoms with Crippen LogP contribution in [0.2, 0.25) is 10.0 Å². The van der Waals surface area contributed by atoms with Crippen LogP contribution in [0.3, 0.4) is 0 Å². The summed E-state index contributed by atoms with van der Waals surface area (Å²) in [5.74, 6) is -0.198. The monoisotopic (exact) mass is 520 g/mol. The van der Waals surface area contributed by atoms with E-state index < -0.39 is 0 Å². The van der Waals surface area contributed by atoms with Gasteiger partial charge in [0.1, 0.15) is 0 Å². The number of hydrogen-bond acceptors (Lipinski definition) is 6. The second kappa shape index (κ2) is 9.49. The Morgan fingerprint density at radius 2 is 2.06 bits per heavy atom. The molecule has 0 unspecified atom stereocenters. The summed E-state index contributed by atoms with van der Waals surface area (Å²) in [4.78, 5) is 33.3. The zero-order chi connectivity index (χ0) is 24.0. The van der Waals surface area contributed by atoms with Crippen LogP contribution in [0.25, 0.3) is 10.1 Å². The Labute approximate surface area is 211 Å². The lowest BCUT2D eigenvalue weighted by Gasteiger charge is -2.37. The summed E-state index contributed by atoms with van der Waals surface area (Å²) in [6.45, 7) is 6.76. The van der Waals surface area contributed by atoms with Crippen molar-refractivity contribution in [3.05, 3.63) is 55.0 Å². The van der Waals surface area contributed by atoms with Crippen LogP contribution in [-0.4, -0.2) is 52.5 Å². The van der Waals surface area contributed by atoms with Gasteiger partial charge in [-0.3, -0.25) is 9.59 Å². The maximum atomic E-state index is 13.7. The molecule has 2 aliphatic rings. The zero-order valence-electron chi connectivity index (χ0n) is 19.1. The fourth-order valence-corrected chi connectivity index (χ4v) is 6.57. The molecule has 4 heterocycles. The SMILES string of the molecule is CCN(c1cc(Cl)c2c(c1Cl)C(=O)N(Cc1c(=O)[nH]c(C)c3cnsc13)CC2)C1CCOCC1. The van der Waals surface area contributed by atoms with Gasteiger partial charge in [-0.15, -0.1) is 0 Å². The number of carbonyl (C=O) groups is 1. The van der Waals surface area contributed by atoms with Crippen molar-refractivity contribution in [2.45, 2.75) is 45.7 Å². The number of nitrogens with zero attached hydrogens (tertiary/aromatic N) is 3. The Kier molecular flexibility index (Phi) is 6.59. The number of carbonyl (C=O) groups excluding carboxylic acids is 1. The first-order valence-electron chi connectivity index (χ1n) is 11.5. The van der Waals surface area contributed by atoms with E-state index in [1.165, 1.54) is 11.5 Å². The quantitative estimate of drug-likeness (QED) is 0.522. The van der Waals surface area contributed by atoms with E-state index in [0.717, 1.165) is 46.4 Å². The highest BCUT2D eigenvalue weighted by molar-refractivity contribution is 7.13. The third kappa shape index (κ3) is 4.00. The Morgan fingerprint density at radius 3 is 2.79 bits per heavy atom.